The zero-order valence-electron chi connectivity index (χ0n) is 6.06. The molecule has 1 fully saturated rings. The number of nitrogens with zero attached hydrogens (tertiary/aromatic N) is 4. The first-order valence-corrected chi connectivity index (χ1v) is 3.66. The van der Waals surface area contributed by atoms with Gasteiger partial charge in [0.05, 0.1) is 6.20 Å². The summed E-state index contributed by atoms with van der Waals surface area (Å²) in [7, 11) is 0. The van der Waals surface area contributed by atoms with Crippen LogP contribution < -0.4 is 0 Å². The van der Waals surface area contributed by atoms with Crippen molar-refractivity contribution in [3.8, 4) is 0 Å². The lowest BCUT2D eigenvalue weighted by Crippen LogP contribution is -1.99. The molecule has 1 aromatic rings. The van der Waals surface area contributed by atoms with Crippen LogP contribution in [0.2, 0.25) is 0 Å². The molecule has 1 aromatic heterocycles. The molecule has 0 saturated heterocycles. The van der Waals surface area contributed by atoms with Gasteiger partial charge < -0.3 is 4.85 Å². The van der Waals surface area contributed by atoms with E-state index in [0.717, 1.165) is 12.5 Å². The van der Waals surface area contributed by atoms with E-state index in [-0.39, 0.29) is 0 Å². The molecular formula is C7H8N4. The third-order valence-corrected chi connectivity index (χ3v) is 1.78. The monoisotopic (exact) mass is 148 g/mol. The topological polar surface area (TPSA) is 35.1 Å². The number of aromatic nitrogens is 3. The Hall–Kier alpha value is -1.37. The van der Waals surface area contributed by atoms with Crippen LogP contribution in [-0.2, 0) is 6.54 Å². The van der Waals surface area contributed by atoms with E-state index in [4.69, 9.17) is 6.57 Å². The second-order valence-corrected chi connectivity index (χ2v) is 2.85. The summed E-state index contributed by atoms with van der Waals surface area (Å²) < 4.78 is 1.76. The van der Waals surface area contributed by atoms with Crippen molar-refractivity contribution in [2.45, 2.75) is 19.4 Å². The Labute approximate surface area is 64.6 Å². The van der Waals surface area contributed by atoms with Crippen molar-refractivity contribution >= 4 is 5.82 Å². The van der Waals surface area contributed by atoms with Gasteiger partial charge in [-0.1, -0.05) is 6.57 Å². The molecule has 4 heteroatoms. The molecule has 0 bridgehead atoms. The standard InChI is InChI=1S/C7H8N4/c1-8-7-5-11(10-9-7)4-6-2-3-6/h5-6H,2-4H2. The van der Waals surface area contributed by atoms with Gasteiger partial charge in [0.25, 0.3) is 0 Å². The van der Waals surface area contributed by atoms with Crippen molar-refractivity contribution in [2.24, 2.45) is 5.92 Å². The fourth-order valence-corrected chi connectivity index (χ4v) is 0.994. The summed E-state index contributed by atoms with van der Waals surface area (Å²) in [5, 5.41) is 7.49. The van der Waals surface area contributed by atoms with E-state index >= 15 is 0 Å². The van der Waals surface area contributed by atoms with Gasteiger partial charge in [-0.2, -0.15) is 0 Å². The smallest absolute Gasteiger partial charge is 0.315 e. The van der Waals surface area contributed by atoms with E-state index in [1.165, 1.54) is 12.8 Å². The van der Waals surface area contributed by atoms with Gasteiger partial charge in [-0.05, 0) is 18.8 Å². The summed E-state index contributed by atoms with van der Waals surface area (Å²) in [6.45, 7) is 7.60. The number of rotatable bonds is 2. The van der Waals surface area contributed by atoms with Crippen molar-refractivity contribution in [3.05, 3.63) is 17.6 Å². The molecule has 0 aromatic carbocycles. The molecule has 0 aliphatic heterocycles. The van der Waals surface area contributed by atoms with Gasteiger partial charge in [0, 0.05) is 16.9 Å². The summed E-state index contributed by atoms with van der Waals surface area (Å²) in [5.41, 5.74) is 0. The molecule has 4 nitrogen and oxygen atoms in total. The highest BCUT2D eigenvalue weighted by atomic mass is 15.4. The molecule has 1 heterocycles. The number of hydrogen-bond acceptors (Lipinski definition) is 2. The Morgan fingerprint density at radius 2 is 2.55 bits per heavy atom. The quantitative estimate of drug-likeness (QED) is 0.591. The maximum Gasteiger partial charge on any atom is 0.315 e. The van der Waals surface area contributed by atoms with Crippen molar-refractivity contribution in [2.75, 3.05) is 0 Å². The van der Waals surface area contributed by atoms with Crippen molar-refractivity contribution in [3.63, 3.8) is 0 Å². The summed E-state index contributed by atoms with van der Waals surface area (Å²) in [6, 6.07) is 0. The second-order valence-electron chi connectivity index (χ2n) is 2.85. The fraction of sp³-hybridized carbons (Fsp3) is 0.571. The van der Waals surface area contributed by atoms with Crippen molar-refractivity contribution in [1.29, 1.82) is 0 Å². The van der Waals surface area contributed by atoms with E-state index in [0.29, 0.717) is 5.82 Å². The SMILES string of the molecule is [C-]#[N+]c1cn(CC2CC2)nn1. The Kier molecular flexibility index (Phi) is 1.35. The predicted molar refractivity (Wildman–Crippen MR) is 39.0 cm³/mol. The first kappa shape index (κ1) is 6.35. The maximum absolute atomic E-state index is 6.66. The third-order valence-electron chi connectivity index (χ3n) is 1.78. The minimum Gasteiger partial charge on any atom is -0.358 e. The van der Waals surface area contributed by atoms with Crippen molar-refractivity contribution in [1.82, 2.24) is 15.0 Å². The molecule has 0 unspecified atom stereocenters. The third kappa shape index (κ3) is 1.37. The minimum atomic E-state index is 0.394. The van der Waals surface area contributed by atoms with Crippen LogP contribution in [0, 0.1) is 12.5 Å². The summed E-state index contributed by atoms with van der Waals surface area (Å²) >= 11 is 0. The zero-order chi connectivity index (χ0) is 7.68. The van der Waals surface area contributed by atoms with Gasteiger partial charge in [0.2, 0.25) is 0 Å². The Balaban J connectivity index is 2.07. The molecule has 0 radical (unpaired) electrons. The lowest BCUT2D eigenvalue weighted by atomic mass is 10.4. The van der Waals surface area contributed by atoms with Gasteiger partial charge in [-0.25, -0.2) is 4.68 Å². The van der Waals surface area contributed by atoms with Crippen LogP contribution in [0.3, 0.4) is 0 Å². The molecule has 0 N–H and O–H groups in total. The average Bonchev–Trinajstić information content (AvgIpc) is 2.68. The summed E-state index contributed by atoms with van der Waals surface area (Å²) in [5.74, 6) is 1.18. The molecular weight excluding hydrogens is 140 g/mol. The average molecular weight is 148 g/mol. The van der Waals surface area contributed by atoms with Gasteiger partial charge in [0.15, 0.2) is 0 Å². The lowest BCUT2D eigenvalue weighted by Gasteiger charge is -1.92. The van der Waals surface area contributed by atoms with Crippen LogP contribution in [0.1, 0.15) is 12.8 Å². The van der Waals surface area contributed by atoms with Crippen LogP contribution >= 0.6 is 0 Å². The van der Waals surface area contributed by atoms with Gasteiger partial charge in [0.1, 0.15) is 0 Å². The zero-order valence-corrected chi connectivity index (χ0v) is 6.06. The van der Waals surface area contributed by atoms with Crippen LogP contribution in [0.15, 0.2) is 6.20 Å². The normalized spacial score (nSPS) is 16.3. The van der Waals surface area contributed by atoms with Crippen LogP contribution in [0.5, 0.6) is 0 Å². The van der Waals surface area contributed by atoms with Gasteiger partial charge >= 0.3 is 5.82 Å². The molecule has 56 valence electrons. The van der Waals surface area contributed by atoms with Gasteiger partial charge in [-0.3, -0.25) is 0 Å². The van der Waals surface area contributed by atoms with Crippen LogP contribution in [0.4, 0.5) is 5.82 Å². The molecule has 0 spiro atoms. The van der Waals surface area contributed by atoms with Crippen LogP contribution in [-0.4, -0.2) is 15.0 Å². The van der Waals surface area contributed by atoms with Crippen molar-refractivity contribution < 1.29 is 0 Å². The molecule has 1 saturated carbocycles. The fourth-order valence-electron chi connectivity index (χ4n) is 0.994. The highest BCUT2D eigenvalue weighted by Crippen LogP contribution is 2.30. The lowest BCUT2D eigenvalue weighted by molar-refractivity contribution is 0.544. The Morgan fingerprint density at radius 3 is 3.09 bits per heavy atom. The molecule has 2 rings (SSSR count). The first-order valence-electron chi connectivity index (χ1n) is 3.66. The van der Waals surface area contributed by atoms with E-state index in [9.17, 15) is 0 Å². The van der Waals surface area contributed by atoms with E-state index in [1.54, 1.807) is 10.9 Å². The Morgan fingerprint density at radius 1 is 1.73 bits per heavy atom. The largest absolute Gasteiger partial charge is 0.358 e. The van der Waals surface area contributed by atoms with E-state index < -0.39 is 0 Å². The second kappa shape index (κ2) is 2.35. The minimum absolute atomic E-state index is 0.394. The van der Waals surface area contributed by atoms with Gasteiger partial charge in [-0.15, -0.1) is 0 Å². The molecule has 0 amide bonds. The summed E-state index contributed by atoms with van der Waals surface area (Å²) in [4.78, 5) is 3.17. The Bertz CT molecular complexity index is 292. The van der Waals surface area contributed by atoms with E-state index in [1.807, 2.05) is 0 Å². The highest BCUT2D eigenvalue weighted by molar-refractivity contribution is 5.29. The highest BCUT2D eigenvalue weighted by Gasteiger charge is 2.22. The first-order chi connectivity index (χ1) is 5.38. The number of hydrogen-bond donors (Lipinski definition) is 0. The maximum atomic E-state index is 6.66. The molecule has 1 aliphatic carbocycles. The molecule has 11 heavy (non-hydrogen) atoms. The summed E-state index contributed by atoms with van der Waals surface area (Å²) in [6.07, 6.45) is 4.30. The van der Waals surface area contributed by atoms with Crippen LogP contribution in [0.25, 0.3) is 4.85 Å². The molecule has 1 aliphatic rings. The van der Waals surface area contributed by atoms with E-state index in [2.05, 4.69) is 15.2 Å². The molecule has 0 atom stereocenters. The predicted octanol–water partition coefficient (Wildman–Crippen LogP) is 1.24.